The summed E-state index contributed by atoms with van der Waals surface area (Å²) in [4.78, 5) is 9.12. The van der Waals surface area contributed by atoms with Gasteiger partial charge in [-0.3, -0.25) is 4.99 Å². The van der Waals surface area contributed by atoms with Crippen LogP contribution in [0.25, 0.3) is 0 Å². The van der Waals surface area contributed by atoms with Gasteiger partial charge in [-0.05, 0) is 30.2 Å². The van der Waals surface area contributed by atoms with Crippen molar-refractivity contribution in [3.63, 3.8) is 0 Å². The van der Waals surface area contributed by atoms with Crippen LogP contribution in [0, 0.1) is 5.82 Å². The molecule has 0 amide bonds. The van der Waals surface area contributed by atoms with Gasteiger partial charge in [-0.1, -0.05) is 24.3 Å². The smallest absolute Gasteiger partial charge is 0.194 e. The first-order valence-electron chi connectivity index (χ1n) is 9.81. The lowest BCUT2D eigenvalue weighted by molar-refractivity contribution is 0.371. The average molecular weight is 382 g/mol. The summed E-state index contributed by atoms with van der Waals surface area (Å²) < 4.78 is 19.3. The second-order valence-electron chi connectivity index (χ2n) is 7.34. The standard InChI is InChI=1S/C22H27FN4O/c1-24-22(25-21-15-19(21)18-8-3-4-9-20(18)23)27-12-10-26(11-13-27)16-6-5-7-17(14-16)28-2/h3-9,14,19,21H,10-13,15H2,1-2H3,(H,24,25). The molecule has 28 heavy (non-hydrogen) atoms. The molecule has 1 N–H and O–H groups in total. The van der Waals surface area contributed by atoms with Crippen LogP contribution in [0.5, 0.6) is 5.75 Å². The van der Waals surface area contributed by atoms with Crippen LogP contribution < -0.4 is 15.0 Å². The van der Waals surface area contributed by atoms with E-state index in [-0.39, 0.29) is 17.8 Å². The van der Waals surface area contributed by atoms with Crippen molar-refractivity contribution in [1.82, 2.24) is 10.2 Å². The maximum atomic E-state index is 14.0. The Kier molecular flexibility index (Phi) is 5.37. The Morgan fingerprint density at radius 3 is 2.61 bits per heavy atom. The molecular formula is C22H27FN4O. The van der Waals surface area contributed by atoms with E-state index in [0.29, 0.717) is 0 Å². The quantitative estimate of drug-likeness (QED) is 0.652. The first kappa shape index (κ1) is 18.6. The number of aliphatic imine (C=N–C) groups is 1. The first-order chi connectivity index (χ1) is 13.7. The SMILES string of the molecule is CN=C(NC1CC1c1ccccc1F)N1CCN(c2cccc(OC)c2)CC1. The zero-order valence-electron chi connectivity index (χ0n) is 16.4. The van der Waals surface area contributed by atoms with E-state index in [1.54, 1.807) is 13.2 Å². The fourth-order valence-electron chi connectivity index (χ4n) is 3.92. The number of guanidine groups is 1. The topological polar surface area (TPSA) is 40.1 Å². The molecule has 5 nitrogen and oxygen atoms in total. The number of nitrogens with one attached hydrogen (secondary N) is 1. The molecule has 0 radical (unpaired) electrons. The molecule has 1 heterocycles. The Hall–Kier alpha value is -2.76. The van der Waals surface area contributed by atoms with E-state index >= 15 is 0 Å². The summed E-state index contributed by atoms with van der Waals surface area (Å²) in [6.07, 6.45) is 0.948. The van der Waals surface area contributed by atoms with Crippen LogP contribution in [-0.4, -0.2) is 57.2 Å². The molecule has 2 aromatic carbocycles. The molecule has 2 atom stereocenters. The van der Waals surface area contributed by atoms with E-state index in [9.17, 15) is 4.39 Å². The zero-order chi connectivity index (χ0) is 19.5. The number of piperazine rings is 1. The van der Waals surface area contributed by atoms with Crippen LogP contribution in [0.4, 0.5) is 10.1 Å². The normalized spacial score (nSPS) is 22.2. The largest absolute Gasteiger partial charge is 0.497 e. The van der Waals surface area contributed by atoms with Gasteiger partial charge in [0, 0.05) is 56.9 Å². The summed E-state index contributed by atoms with van der Waals surface area (Å²) >= 11 is 0. The van der Waals surface area contributed by atoms with Gasteiger partial charge in [-0.2, -0.15) is 0 Å². The van der Waals surface area contributed by atoms with Gasteiger partial charge >= 0.3 is 0 Å². The number of anilines is 1. The van der Waals surface area contributed by atoms with Gasteiger partial charge < -0.3 is 19.9 Å². The van der Waals surface area contributed by atoms with E-state index < -0.39 is 0 Å². The first-order valence-corrected chi connectivity index (χ1v) is 9.81. The summed E-state index contributed by atoms with van der Waals surface area (Å²) in [5.41, 5.74) is 1.99. The zero-order valence-corrected chi connectivity index (χ0v) is 16.4. The fourth-order valence-corrected chi connectivity index (χ4v) is 3.92. The van der Waals surface area contributed by atoms with Crippen molar-refractivity contribution in [1.29, 1.82) is 0 Å². The number of hydrogen-bond donors (Lipinski definition) is 1. The minimum absolute atomic E-state index is 0.112. The van der Waals surface area contributed by atoms with Crippen LogP contribution in [0.15, 0.2) is 53.5 Å². The highest BCUT2D eigenvalue weighted by atomic mass is 19.1. The molecule has 2 aliphatic rings. The van der Waals surface area contributed by atoms with Gasteiger partial charge in [0.15, 0.2) is 5.96 Å². The highest BCUT2D eigenvalue weighted by Crippen LogP contribution is 2.41. The highest BCUT2D eigenvalue weighted by Gasteiger charge is 2.41. The molecule has 2 fully saturated rings. The number of nitrogens with zero attached hydrogens (tertiary/aromatic N) is 3. The van der Waals surface area contributed by atoms with E-state index in [2.05, 4.69) is 32.2 Å². The van der Waals surface area contributed by atoms with Crippen molar-refractivity contribution < 1.29 is 9.13 Å². The van der Waals surface area contributed by atoms with Crippen molar-refractivity contribution in [3.05, 3.63) is 59.9 Å². The third-order valence-electron chi connectivity index (χ3n) is 5.62. The molecule has 1 aliphatic heterocycles. The minimum atomic E-state index is -0.112. The molecule has 6 heteroatoms. The summed E-state index contributed by atoms with van der Waals surface area (Å²) in [6.45, 7) is 3.65. The van der Waals surface area contributed by atoms with Gasteiger partial charge in [-0.15, -0.1) is 0 Å². The van der Waals surface area contributed by atoms with Crippen LogP contribution >= 0.6 is 0 Å². The Bertz CT molecular complexity index is 848. The van der Waals surface area contributed by atoms with Gasteiger partial charge in [0.25, 0.3) is 0 Å². The molecule has 4 rings (SSSR count). The summed E-state index contributed by atoms with van der Waals surface area (Å²) in [5, 5.41) is 3.53. The molecule has 0 aromatic heterocycles. The molecule has 0 bridgehead atoms. The second kappa shape index (κ2) is 8.09. The van der Waals surface area contributed by atoms with Crippen molar-refractivity contribution >= 4 is 11.6 Å². The maximum absolute atomic E-state index is 14.0. The Balaban J connectivity index is 1.33. The van der Waals surface area contributed by atoms with Gasteiger partial charge in [-0.25, -0.2) is 4.39 Å². The van der Waals surface area contributed by atoms with Crippen LogP contribution in [0.3, 0.4) is 0 Å². The Morgan fingerprint density at radius 1 is 1.11 bits per heavy atom. The Morgan fingerprint density at radius 2 is 1.89 bits per heavy atom. The number of ether oxygens (including phenoxy) is 1. The lowest BCUT2D eigenvalue weighted by atomic mass is 10.1. The monoisotopic (exact) mass is 382 g/mol. The van der Waals surface area contributed by atoms with Gasteiger partial charge in [0.2, 0.25) is 0 Å². The number of hydrogen-bond acceptors (Lipinski definition) is 3. The van der Waals surface area contributed by atoms with E-state index in [4.69, 9.17) is 4.74 Å². The molecular weight excluding hydrogens is 355 g/mol. The number of halogens is 1. The summed E-state index contributed by atoms with van der Waals surface area (Å²) in [6, 6.07) is 15.5. The van der Waals surface area contributed by atoms with E-state index in [1.165, 1.54) is 11.8 Å². The highest BCUT2D eigenvalue weighted by molar-refractivity contribution is 5.81. The van der Waals surface area contributed by atoms with Crippen molar-refractivity contribution in [2.45, 2.75) is 18.4 Å². The van der Waals surface area contributed by atoms with Gasteiger partial charge in [0.05, 0.1) is 7.11 Å². The third-order valence-corrected chi connectivity index (χ3v) is 5.62. The van der Waals surface area contributed by atoms with Gasteiger partial charge in [0.1, 0.15) is 11.6 Å². The van der Waals surface area contributed by atoms with Crippen molar-refractivity contribution in [3.8, 4) is 5.75 Å². The fraction of sp³-hybridized carbons (Fsp3) is 0.409. The van der Waals surface area contributed by atoms with Crippen molar-refractivity contribution in [2.75, 3.05) is 45.2 Å². The minimum Gasteiger partial charge on any atom is -0.497 e. The number of benzene rings is 2. The lowest BCUT2D eigenvalue weighted by Gasteiger charge is -2.37. The van der Waals surface area contributed by atoms with E-state index in [0.717, 1.165) is 49.9 Å². The average Bonchev–Trinajstić information content (AvgIpc) is 3.51. The summed E-state index contributed by atoms with van der Waals surface area (Å²) in [7, 11) is 3.51. The van der Waals surface area contributed by atoms with E-state index in [1.807, 2.05) is 31.3 Å². The second-order valence-corrected chi connectivity index (χ2v) is 7.34. The van der Waals surface area contributed by atoms with Crippen molar-refractivity contribution in [2.24, 2.45) is 4.99 Å². The third kappa shape index (κ3) is 3.91. The Labute approximate surface area is 165 Å². The van der Waals surface area contributed by atoms with Crippen LogP contribution in [0.2, 0.25) is 0 Å². The number of methoxy groups -OCH3 is 1. The van der Waals surface area contributed by atoms with Crippen LogP contribution in [-0.2, 0) is 0 Å². The molecule has 1 saturated carbocycles. The molecule has 2 unspecified atom stereocenters. The molecule has 0 spiro atoms. The molecule has 2 aromatic rings. The predicted octanol–water partition coefficient (Wildman–Crippen LogP) is 3.09. The molecule has 148 valence electrons. The molecule has 1 saturated heterocycles. The molecule has 1 aliphatic carbocycles. The number of rotatable bonds is 4. The van der Waals surface area contributed by atoms with Crippen LogP contribution in [0.1, 0.15) is 17.9 Å². The predicted molar refractivity (Wildman–Crippen MR) is 111 cm³/mol. The summed E-state index contributed by atoms with van der Waals surface area (Å²) in [5.74, 6) is 1.91. The lowest BCUT2D eigenvalue weighted by Crippen LogP contribution is -2.53. The maximum Gasteiger partial charge on any atom is 0.194 e.